The Hall–Kier alpha value is -4.08. The molecule has 1 amide bonds. The number of Topliss-reactive ketones (excluding diaryl/α,β-unsaturated/α-hetero) is 1. The lowest BCUT2D eigenvalue weighted by atomic mass is 10.1. The zero-order valence-corrected chi connectivity index (χ0v) is 18.5. The number of rotatable bonds is 10. The van der Waals surface area contributed by atoms with E-state index in [4.69, 9.17) is 9.47 Å². The summed E-state index contributed by atoms with van der Waals surface area (Å²) in [6.45, 7) is 4.86. The molecule has 0 fully saturated rings. The maximum Gasteiger partial charge on any atom is 0.338 e. The first-order valence-electron chi connectivity index (χ1n) is 10.2. The van der Waals surface area contributed by atoms with E-state index in [0.29, 0.717) is 12.1 Å². The summed E-state index contributed by atoms with van der Waals surface area (Å²) >= 11 is 0. The number of nitro benzene ring substituents is 1. The second kappa shape index (κ2) is 11.5. The van der Waals surface area contributed by atoms with Gasteiger partial charge in [0.15, 0.2) is 12.4 Å². The standard InChI is InChI=1S/C23H24N2O8/c1-4-32-22(28)16-10-17(12-19(11-16)25(30)31)23(29)33-13-20(26)15-5-7-18(8-6-15)24-21(27)9-14(2)3/h5-8,10-12,14H,4,9,13H2,1-3H3,(H,24,27). The summed E-state index contributed by atoms with van der Waals surface area (Å²) < 4.78 is 9.79. The van der Waals surface area contributed by atoms with Gasteiger partial charge in [-0.2, -0.15) is 0 Å². The van der Waals surface area contributed by atoms with Crippen molar-refractivity contribution in [3.63, 3.8) is 0 Å². The van der Waals surface area contributed by atoms with Crippen LogP contribution in [0, 0.1) is 16.0 Å². The van der Waals surface area contributed by atoms with Crippen LogP contribution in [-0.2, 0) is 14.3 Å². The fourth-order valence-corrected chi connectivity index (χ4v) is 2.79. The Morgan fingerprint density at radius 1 is 0.939 bits per heavy atom. The lowest BCUT2D eigenvalue weighted by Crippen LogP contribution is -2.16. The van der Waals surface area contributed by atoms with Crippen molar-refractivity contribution in [2.24, 2.45) is 5.92 Å². The quantitative estimate of drug-likeness (QED) is 0.246. The molecule has 0 heterocycles. The summed E-state index contributed by atoms with van der Waals surface area (Å²) in [7, 11) is 0. The maximum atomic E-state index is 12.4. The normalized spacial score (nSPS) is 10.4. The number of nitro groups is 1. The Kier molecular flexibility index (Phi) is 8.79. The zero-order chi connectivity index (χ0) is 24.5. The monoisotopic (exact) mass is 456 g/mol. The van der Waals surface area contributed by atoms with E-state index < -0.39 is 34.9 Å². The summed E-state index contributed by atoms with van der Waals surface area (Å²) in [5.74, 6) is -2.28. The maximum absolute atomic E-state index is 12.4. The third kappa shape index (κ3) is 7.53. The van der Waals surface area contributed by atoms with Gasteiger partial charge in [0, 0.05) is 29.8 Å². The lowest BCUT2D eigenvalue weighted by Gasteiger charge is -2.09. The molecule has 0 unspecified atom stereocenters. The first-order chi connectivity index (χ1) is 15.6. The number of amides is 1. The molecule has 0 aromatic heterocycles. The van der Waals surface area contributed by atoms with Crippen molar-refractivity contribution in [3.05, 3.63) is 69.3 Å². The van der Waals surface area contributed by atoms with Crippen LogP contribution in [0.15, 0.2) is 42.5 Å². The average Bonchev–Trinajstić information content (AvgIpc) is 2.76. The summed E-state index contributed by atoms with van der Waals surface area (Å²) in [4.78, 5) is 58.8. The van der Waals surface area contributed by atoms with E-state index >= 15 is 0 Å². The van der Waals surface area contributed by atoms with Crippen LogP contribution in [0.25, 0.3) is 0 Å². The molecule has 0 aliphatic carbocycles. The Morgan fingerprint density at radius 3 is 2.03 bits per heavy atom. The Morgan fingerprint density at radius 2 is 1.52 bits per heavy atom. The number of esters is 2. The smallest absolute Gasteiger partial charge is 0.338 e. The van der Waals surface area contributed by atoms with Gasteiger partial charge < -0.3 is 14.8 Å². The minimum atomic E-state index is -1.00. The van der Waals surface area contributed by atoms with E-state index in [2.05, 4.69) is 5.32 Å². The van der Waals surface area contributed by atoms with E-state index in [0.717, 1.165) is 18.2 Å². The molecule has 1 N–H and O–H groups in total. The highest BCUT2D eigenvalue weighted by molar-refractivity contribution is 6.01. The molecule has 10 heteroatoms. The van der Waals surface area contributed by atoms with Crippen molar-refractivity contribution in [2.75, 3.05) is 18.5 Å². The number of anilines is 1. The van der Waals surface area contributed by atoms with Gasteiger partial charge in [0.1, 0.15) is 0 Å². The predicted molar refractivity (Wildman–Crippen MR) is 118 cm³/mol. The number of nitrogens with one attached hydrogen (secondary N) is 1. The molecule has 0 bridgehead atoms. The van der Waals surface area contributed by atoms with Gasteiger partial charge in [-0.3, -0.25) is 19.7 Å². The summed E-state index contributed by atoms with van der Waals surface area (Å²) in [5.41, 5.74) is -0.162. The fourth-order valence-electron chi connectivity index (χ4n) is 2.79. The van der Waals surface area contributed by atoms with Gasteiger partial charge in [-0.1, -0.05) is 13.8 Å². The molecule has 10 nitrogen and oxygen atoms in total. The first kappa shape index (κ1) is 25.2. The van der Waals surface area contributed by atoms with Gasteiger partial charge in [0.2, 0.25) is 5.91 Å². The second-order valence-corrected chi connectivity index (χ2v) is 7.47. The van der Waals surface area contributed by atoms with E-state index in [9.17, 15) is 29.3 Å². The summed E-state index contributed by atoms with van der Waals surface area (Å²) in [6.07, 6.45) is 0.367. The molecule has 0 aliphatic heterocycles. The minimum Gasteiger partial charge on any atom is -0.462 e. The van der Waals surface area contributed by atoms with Gasteiger partial charge >= 0.3 is 11.9 Å². The molecular weight excluding hydrogens is 432 g/mol. The summed E-state index contributed by atoms with van der Waals surface area (Å²) in [6, 6.07) is 9.11. The van der Waals surface area contributed by atoms with E-state index in [-0.39, 0.29) is 35.1 Å². The molecule has 2 aromatic carbocycles. The van der Waals surface area contributed by atoms with E-state index in [1.165, 1.54) is 12.1 Å². The molecule has 0 atom stereocenters. The van der Waals surface area contributed by atoms with Crippen LogP contribution in [0.3, 0.4) is 0 Å². The number of hydrogen-bond acceptors (Lipinski definition) is 8. The first-order valence-corrected chi connectivity index (χ1v) is 10.2. The Labute approximate surface area is 190 Å². The topological polar surface area (TPSA) is 142 Å². The number of ether oxygens (including phenoxy) is 2. The van der Waals surface area contributed by atoms with E-state index in [1.54, 1.807) is 19.1 Å². The van der Waals surface area contributed by atoms with Crippen LogP contribution in [0.5, 0.6) is 0 Å². The van der Waals surface area contributed by atoms with Crippen LogP contribution < -0.4 is 5.32 Å². The van der Waals surface area contributed by atoms with Crippen LogP contribution in [0.1, 0.15) is 58.3 Å². The molecule has 0 saturated heterocycles. The SMILES string of the molecule is CCOC(=O)c1cc(C(=O)OCC(=O)c2ccc(NC(=O)CC(C)C)cc2)cc([N+](=O)[O-])c1. The highest BCUT2D eigenvalue weighted by Crippen LogP contribution is 2.19. The number of nitrogens with zero attached hydrogens (tertiary/aromatic N) is 1. The molecule has 0 aliphatic rings. The van der Waals surface area contributed by atoms with Gasteiger partial charge in [-0.25, -0.2) is 9.59 Å². The third-order valence-corrected chi connectivity index (χ3v) is 4.29. The van der Waals surface area contributed by atoms with Gasteiger partial charge in [-0.15, -0.1) is 0 Å². The molecule has 0 spiro atoms. The second-order valence-electron chi connectivity index (χ2n) is 7.47. The van der Waals surface area contributed by atoms with Crippen molar-refractivity contribution in [1.82, 2.24) is 0 Å². The number of non-ortho nitro benzene ring substituents is 1. The van der Waals surface area contributed by atoms with Crippen molar-refractivity contribution in [2.45, 2.75) is 27.2 Å². The van der Waals surface area contributed by atoms with Gasteiger partial charge in [0.05, 0.1) is 22.7 Å². The van der Waals surface area contributed by atoms with Crippen molar-refractivity contribution in [3.8, 4) is 0 Å². The number of ketones is 1. The number of carbonyl (C=O) groups excluding carboxylic acids is 4. The molecular formula is C23H24N2O8. The fraction of sp³-hybridized carbons (Fsp3) is 0.304. The number of carbonyl (C=O) groups is 4. The highest BCUT2D eigenvalue weighted by atomic mass is 16.6. The molecule has 33 heavy (non-hydrogen) atoms. The number of hydrogen-bond donors (Lipinski definition) is 1. The van der Waals surface area contributed by atoms with Crippen LogP contribution in [-0.4, -0.2) is 41.8 Å². The third-order valence-electron chi connectivity index (χ3n) is 4.29. The van der Waals surface area contributed by atoms with E-state index in [1.807, 2.05) is 13.8 Å². The molecule has 0 saturated carbocycles. The molecule has 0 radical (unpaired) electrons. The Balaban J connectivity index is 2.05. The zero-order valence-electron chi connectivity index (χ0n) is 18.5. The van der Waals surface area contributed by atoms with Gasteiger partial charge in [0.25, 0.3) is 5.69 Å². The largest absolute Gasteiger partial charge is 0.462 e. The van der Waals surface area contributed by atoms with Crippen molar-refractivity contribution in [1.29, 1.82) is 0 Å². The van der Waals surface area contributed by atoms with Crippen molar-refractivity contribution >= 4 is 35.0 Å². The molecule has 2 aromatic rings. The summed E-state index contributed by atoms with van der Waals surface area (Å²) in [5, 5.41) is 13.8. The minimum absolute atomic E-state index is 0.0516. The van der Waals surface area contributed by atoms with Crippen molar-refractivity contribution < 1.29 is 33.6 Å². The highest BCUT2D eigenvalue weighted by Gasteiger charge is 2.20. The average molecular weight is 456 g/mol. The number of benzene rings is 2. The van der Waals surface area contributed by atoms with Crippen LogP contribution in [0.2, 0.25) is 0 Å². The predicted octanol–water partition coefficient (Wildman–Crippen LogP) is 3.80. The molecule has 2 rings (SSSR count). The van der Waals surface area contributed by atoms with Gasteiger partial charge in [-0.05, 0) is 43.2 Å². The Bertz CT molecular complexity index is 1060. The van der Waals surface area contributed by atoms with Crippen LogP contribution >= 0.6 is 0 Å². The van der Waals surface area contributed by atoms with Crippen LogP contribution in [0.4, 0.5) is 11.4 Å². The molecule has 174 valence electrons. The lowest BCUT2D eigenvalue weighted by molar-refractivity contribution is -0.384.